The number of carbonyl (C=O) groups excluding carboxylic acids is 1. The summed E-state index contributed by atoms with van der Waals surface area (Å²) in [7, 11) is -3.68. The molecular formula is C21H22N2O4S. The van der Waals surface area contributed by atoms with Gasteiger partial charge in [0.15, 0.2) is 0 Å². The van der Waals surface area contributed by atoms with Crippen LogP contribution in [0.5, 0.6) is 0 Å². The lowest BCUT2D eigenvalue weighted by Gasteiger charge is -2.13. The van der Waals surface area contributed by atoms with Gasteiger partial charge in [-0.1, -0.05) is 37.3 Å². The summed E-state index contributed by atoms with van der Waals surface area (Å²) in [5.74, 6) is 0.456. The molecule has 1 heterocycles. The highest BCUT2D eigenvalue weighted by atomic mass is 32.2. The van der Waals surface area contributed by atoms with Crippen molar-refractivity contribution in [2.45, 2.75) is 24.3 Å². The lowest BCUT2D eigenvalue weighted by Crippen LogP contribution is -2.27. The van der Waals surface area contributed by atoms with Crippen LogP contribution in [0.4, 0.5) is 0 Å². The Kier molecular flexibility index (Phi) is 6.28. The van der Waals surface area contributed by atoms with Crippen molar-refractivity contribution in [2.24, 2.45) is 0 Å². The fraction of sp³-hybridized carbons (Fsp3) is 0.190. The lowest BCUT2D eigenvalue weighted by atomic mass is 10.0. The average molecular weight is 398 g/mol. The van der Waals surface area contributed by atoms with Crippen LogP contribution in [0.2, 0.25) is 0 Å². The third kappa shape index (κ3) is 5.09. The standard InChI is InChI=1S/C21H22N2O4S/c1-16(17-6-3-2-4-7-17)14-22-21(24)18-9-11-20(12-10-18)28(25,26)23-15-19-8-5-13-27-19/h2-13,16,23H,14-15H2,1H3,(H,22,24)/t16-/m1/s1. The Morgan fingerprint density at radius 2 is 1.71 bits per heavy atom. The van der Waals surface area contributed by atoms with Crippen molar-refractivity contribution in [1.82, 2.24) is 10.0 Å². The number of sulfonamides is 1. The monoisotopic (exact) mass is 398 g/mol. The molecule has 0 saturated carbocycles. The Balaban J connectivity index is 1.57. The second-order valence-electron chi connectivity index (χ2n) is 6.45. The molecular weight excluding hydrogens is 376 g/mol. The molecule has 2 aromatic carbocycles. The first-order valence-electron chi connectivity index (χ1n) is 8.91. The minimum atomic E-state index is -3.68. The molecule has 0 radical (unpaired) electrons. The number of benzene rings is 2. The van der Waals surface area contributed by atoms with Gasteiger partial charge in [0.05, 0.1) is 17.7 Å². The van der Waals surface area contributed by atoms with Gasteiger partial charge in [0, 0.05) is 12.1 Å². The summed E-state index contributed by atoms with van der Waals surface area (Å²) >= 11 is 0. The highest BCUT2D eigenvalue weighted by Crippen LogP contribution is 2.14. The Bertz CT molecular complexity index is 998. The number of amides is 1. The maximum atomic E-state index is 12.3. The number of hydrogen-bond acceptors (Lipinski definition) is 4. The summed E-state index contributed by atoms with van der Waals surface area (Å²) in [5.41, 5.74) is 1.55. The van der Waals surface area contributed by atoms with Crippen LogP contribution in [0.1, 0.15) is 34.5 Å². The van der Waals surface area contributed by atoms with E-state index in [2.05, 4.69) is 10.0 Å². The maximum Gasteiger partial charge on any atom is 0.251 e. The van der Waals surface area contributed by atoms with Crippen LogP contribution >= 0.6 is 0 Å². The highest BCUT2D eigenvalue weighted by molar-refractivity contribution is 7.89. The molecule has 0 spiro atoms. The fourth-order valence-corrected chi connectivity index (χ4v) is 3.69. The van der Waals surface area contributed by atoms with E-state index in [0.29, 0.717) is 17.9 Å². The van der Waals surface area contributed by atoms with Crippen molar-refractivity contribution in [2.75, 3.05) is 6.54 Å². The SMILES string of the molecule is C[C@H](CNC(=O)c1ccc(S(=O)(=O)NCc2ccco2)cc1)c1ccccc1. The summed E-state index contributed by atoms with van der Waals surface area (Å²) in [4.78, 5) is 12.4. The van der Waals surface area contributed by atoms with Crippen LogP contribution < -0.4 is 10.0 Å². The third-order valence-electron chi connectivity index (χ3n) is 4.38. The van der Waals surface area contributed by atoms with Gasteiger partial charge >= 0.3 is 0 Å². The number of furan rings is 1. The van der Waals surface area contributed by atoms with E-state index in [0.717, 1.165) is 5.56 Å². The molecule has 0 aliphatic heterocycles. The number of carbonyl (C=O) groups is 1. The van der Waals surface area contributed by atoms with Crippen LogP contribution in [0.15, 0.2) is 82.3 Å². The van der Waals surface area contributed by atoms with Gasteiger partial charge in [-0.05, 0) is 47.9 Å². The van der Waals surface area contributed by atoms with E-state index < -0.39 is 10.0 Å². The van der Waals surface area contributed by atoms with E-state index in [1.54, 1.807) is 12.1 Å². The number of nitrogens with one attached hydrogen (secondary N) is 2. The molecule has 0 saturated heterocycles. The van der Waals surface area contributed by atoms with E-state index in [4.69, 9.17) is 4.42 Å². The first-order valence-corrected chi connectivity index (χ1v) is 10.4. The van der Waals surface area contributed by atoms with Gasteiger partial charge in [0.1, 0.15) is 5.76 Å². The molecule has 0 fully saturated rings. The normalized spacial score (nSPS) is 12.5. The zero-order valence-corrected chi connectivity index (χ0v) is 16.3. The van der Waals surface area contributed by atoms with E-state index in [9.17, 15) is 13.2 Å². The average Bonchev–Trinajstić information content (AvgIpc) is 3.25. The van der Waals surface area contributed by atoms with E-state index in [1.807, 2.05) is 37.3 Å². The fourth-order valence-electron chi connectivity index (χ4n) is 2.70. The first kappa shape index (κ1) is 19.9. The quantitative estimate of drug-likeness (QED) is 0.609. The van der Waals surface area contributed by atoms with Crippen LogP contribution in [-0.2, 0) is 16.6 Å². The van der Waals surface area contributed by atoms with Gasteiger partial charge < -0.3 is 9.73 Å². The van der Waals surface area contributed by atoms with Gasteiger partial charge in [-0.25, -0.2) is 13.1 Å². The van der Waals surface area contributed by atoms with Crippen LogP contribution in [0, 0.1) is 0 Å². The largest absolute Gasteiger partial charge is 0.468 e. The predicted octanol–water partition coefficient (Wildman–Crippen LogP) is 3.29. The smallest absolute Gasteiger partial charge is 0.251 e. The molecule has 1 atom stereocenters. The first-order chi connectivity index (χ1) is 13.5. The van der Waals surface area contributed by atoms with Gasteiger partial charge in [0.25, 0.3) is 5.91 Å². The Morgan fingerprint density at radius 3 is 2.36 bits per heavy atom. The van der Waals surface area contributed by atoms with E-state index in [1.165, 1.54) is 30.5 Å². The van der Waals surface area contributed by atoms with Crippen molar-refractivity contribution < 1.29 is 17.6 Å². The summed E-state index contributed by atoms with van der Waals surface area (Å²) in [6.07, 6.45) is 1.48. The van der Waals surface area contributed by atoms with Gasteiger partial charge in [-0.3, -0.25) is 4.79 Å². The third-order valence-corrected chi connectivity index (χ3v) is 5.80. The second kappa shape index (κ2) is 8.86. The molecule has 28 heavy (non-hydrogen) atoms. The Morgan fingerprint density at radius 1 is 1.00 bits per heavy atom. The van der Waals surface area contributed by atoms with Crippen LogP contribution in [0.3, 0.4) is 0 Å². The number of rotatable bonds is 8. The molecule has 0 aliphatic carbocycles. The molecule has 2 N–H and O–H groups in total. The zero-order valence-electron chi connectivity index (χ0n) is 15.5. The molecule has 6 nitrogen and oxygen atoms in total. The van der Waals surface area contributed by atoms with Crippen LogP contribution in [-0.4, -0.2) is 20.9 Å². The highest BCUT2D eigenvalue weighted by Gasteiger charge is 2.16. The van der Waals surface area contributed by atoms with Crippen molar-refractivity contribution >= 4 is 15.9 Å². The minimum Gasteiger partial charge on any atom is -0.468 e. The molecule has 146 valence electrons. The topological polar surface area (TPSA) is 88.4 Å². The summed E-state index contributed by atoms with van der Waals surface area (Å²) in [5, 5.41) is 2.88. The van der Waals surface area contributed by atoms with E-state index in [-0.39, 0.29) is 23.3 Å². The predicted molar refractivity (Wildman–Crippen MR) is 106 cm³/mol. The molecule has 3 rings (SSSR count). The van der Waals surface area contributed by atoms with Crippen LogP contribution in [0.25, 0.3) is 0 Å². The lowest BCUT2D eigenvalue weighted by molar-refractivity contribution is 0.0951. The molecule has 0 unspecified atom stereocenters. The van der Waals surface area contributed by atoms with Crippen molar-refractivity contribution in [3.05, 3.63) is 89.9 Å². The summed E-state index contributed by atoms with van der Waals surface area (Å²) in [6.45, 7) is 2.60. The van der Waals surface area contributed by atoms with Crippen molar-refractivity contribution in [3.63, 3.8) is 0 Å². The molecule has 3 aromatic rings. The summed E-state index contributed by atoms with van der Waals surface area (Å²) in [6, 6.07) is 19.1. The zero-order chi connectivity index (χ0) is 20.0. The number of hydrogen-bond donors (Lipinski definition) is 2. The van der Waals surface area contributed by atoms with Crippen molar-refractivity contribution in [1.29, 1.82) is 0 Å². The molecule has 7 heteroatoms. The van der Waals surface area contributed by atoms with Gasteiger partial charge in [0.2, 0.25) is 10.0 Å². The van der Waals surface area contributed by atoms with Gasteiger partial charge in [-0.15, -0.1) is 0 Å². The minimum absolute atomic E-state index is 0.0644. The maximum absolute atomic E-state index is 12.3. The van der Waals surface area contributed by atoms with Crippen molar-refractivity contribution in [3.8, 4) is 0 Å². The Hall–Kier alpha value is -2.90. The molecule has 1 aromatic heterocycles. The molecule has 0 bridgehead atoms. The van der Waals surface area contributed by atoms with Gasteiger partial charge in [-0.2, -0.15) is 0 Å². The second-order valence-corrected chi connectivity index (χ2v) is 8.22. The Labute approximate surface area is 164 Å². The molecule has 0 aliphatic rings. The van der Waals surface area contributed by atoms with E-state index >= 15 is 0 Å². The molecule has 1 amide bonds. The summed E-state index contributed by atoms with van der Waals surface area (Å²) < 4.78 is 32.2.